The van der Waals surface area contributed by atoms with Crippen LogP contribution >= 0.6 is 0 Å². The van der Waals surface area contributed by atoms with Crippen LogP contribution in [0.5, 0.6) is 5.75 Å². The van der Waals surface area contributed by atoms with Gasteiger partial charge >= 0.3 is 0 Å². The van der Waals surface area contributed by atoms with E-state index < -0.39 is 0 Å². The topological polar surface area (TPSA) is 66.0 Å². The summed E-state index contributed by atoms with van der Waals surface area (Å²) < 4.78 is 5.51. The van der Waals surface area contributed by atoms with E-state index in [2.05, 4.69) is 15.6 Å². The minimum atomic E-state index is 0.136. The monoisotopic (exact) mass is 332 g/mol. The van der Waals surface area contributed by atoms with Crippen molar-refractivity contribution >= 4 is 11.9 Å². The lowest BCUT2D eigenvalue weighted by molar-refractivity contribution is -0.128. The quantitative estimate of drug-likeness (QED) is 0.590. The molecule has 6 nitrogen and oxygen atoms in total. The summed E-state index contributed by atoms with van der Waals surface area (Å²) in [5.74, 6) is 1.65. The zero-order chi connectivity index (χ0) is 17.2. The number of rotatable bonds is 7. The SMILES string of the molecule is CCNC(=NCc1cccc(OCC)c1)NCC(=O)N1CCCC1. The number of guanidine groups is 1. The molecule has 24 heavy (non-hydrogen) atoms. The number of aliphatic imine (C=N–C) groups is 1. The molecule has 2 rings (SSSR count). The highest BCUT2D eigenvalue weighted by Crippen LogP contribution is 2.13. The molecule has 132 valence electrons. The van der Waals surface area contributed by atoms with E-state index in [0.717, 1.165) is 43.8 Å². The van der Waals surface area contributed by atoms with E-state index in [9.17, 15) is 4.79 Å². The second-order valence-corrected chi connectivity index (χ2v) is 5.72. The van der Waals surface area contributed by atoms with Gasteiger partial charge in [0.25, 0.3) is 0 Å². The van der Waals surface area contributed by atoms with Gasteiger partial charge in [0.2, 0.25) is 5.91 Å². The van der Waals surface area contributed by atoms with Crippen molar-refractivity contribution in [1.82, 2.24) is 15.5 Å². The van der Waals surface area contributed by atoms with Crippen molar-refractivity contribution in [2.45, 2.75) is 33.2 Å². The molecule has 1 fully saturated rings. The summed E-state index contributed by atoms with van der Waals surface area (Å²) in [4.78, 5) is 18.6. The summed E-state index contributed by atoms with van der Waals surface area (Å²) in [7, 11) is 0. The molecule has 0 unspecified atom stereocenters. The Balaban J connectivity index is 1.89. The van der Waals surface area contributed by atoms with Crippen LogP contribution in [0.15, 0.2) is 29.3 Å². The first-order valence-corrected chi connectivity index (χ1v) is 8.74. The van der Waals surface area contributed by atoms with Gasteiger partial charge in [0.1, 0.15) is 5.75 Å². The van der Waals surface area contributed by atoms with Crippen LogP contribution in [0, 0.1) is 0 Å². The molecule has 2 N–H and O–H groups in total. The lowest BCUT2D eigenvalue weighted by atomic mass is 10.2. The molecule has 6 heteroatoms. The maximum Gasteiger partial charge on any atom is 0.241 e. The van der Waals surface area contributed by atoms with E-state index in [4.69, 9.17) is 4.74 Å². The molecule has 0 atom stereocenters. The summed E-state index contributed by atoms with van der Waals surface area (Å²) in [5, 5.41) is 6.30. The van der Waals surface area contributed by atoms with E-state index in [1.54, 1.807) is 0 Å². The van der Waals surface area contributed by atoms with E-state index in [1.165, 1.54) is 0 Å². The molecule has 1 aliphatic rings. The average molecular weight is 332 g/mol. The van der Waals surface area contributed by atoms with E-state index in [-0.39, 0.29) is 12.5 Å². The number of carbonyl (C=O) groups is 1. The Kier molecular flexibility index (Phi) is 7.39. The summed E-state index contributed by atoms with van der Waals surface area (Å²) in [6.45, 7) is 7.94. The van der Waals surface area contributed by atoms with Crippen LogP contribution in [0.3, 0.4) is 0 Å². The zero-order valence-electron chi connectivity index (χ0n) is 14.7. The fourth-order valence-electron chi connectivity index (χ4n) is 2.65. The van der Waals surface area contributed by atoms with Gasteiger partial charge < -0.3 is 20.3 Å². The molecule has 0 aliphatic carbocycles. The molecular formula is C18H28N4O2. The largest absolute Gasteiger partial charge is 0.494 e. The van der Waals surface area contributed by atoms with Crippen molar-refractivity contribution in [2.24, 2.45) is 4.99 Å². The fraction of sp³-hybridized carbons (Fsp3) is 0.556. The standard InChI is InChI=1S/C18H28N4O2/c1-3-19-18(21-14-17(23)22-10-5-6-11-22)20-13-15-8-7-9-16(12-15)24-4-2/h7-9,12H,3-6,10-11,13-14H2,1-2H3,(H2,19,20,21). The predicted octanol–water partition coefficient (Wildman–Crippen LogP) is 1.76. The molecule has 1 saturated heterocycles. The van der Waals surface area contributed by atoms with E-state index >= 15 is 0 Å². The number of likely N-dealkylation sites (tertiary alicyclic amines) is 1. The van der Waals surface area contributed by atoms with Gasteiger partial charge in [-0.3, -0.25) is 4.79 Å². The van der Waals surface area contributed by atoms with Gasteiger partial charge in [-0.15, -0.1) is 0 Å². The summed E-state index contributed by atoms with van der Waals surface area (Å²) in [6, 6.07) is 7.92. The maximum atomic E-state index is 12.1. The highest BCUT2D eigenvalue weighted by Gasteiger charge is 2.17. The Hall–Kier alpha value is -2.24. The molecule has 1 heterocycles. The lowest BCUT2D eigenvalue weighted by Crippen LogP contribution is -2.44. The summed E-state index contributed by atoms with van der Waals surface area (Å²) in [6.07, 6.45) is 2.21. The summed E-state index contributed by atoms with van der Waals surface area (Å²) >= 11 is 0. The van der Waals surface area contributed by atoms with Crippen LogP contribution in [-0.2, 0) is 11.3 Å². The molecule has 1 aromatic rings. The highest BCUT2D eigenvalue weighted by molar-refractivity contribution is 5.86. The smallest absolute Gasteiger partial charge is 0.241 e. The van der Waals surface area contributed by atoms with Crippen molar-refractivity contribution < 1.29 is 9.53 Å². The minimum absolute atomic E-state index is 0.136. The predicted molar refractivity (Wildman–Crippen MR) is 96.2 cm³/mol. The molecule has 0 radical (unpaired) electrons. The Bertz CT molecular complexity index is 554. The zero-order valence-corrected chi connectivity index (χ0v) is 14.7. The molecule has 1 amide bonds. The van der Waals surface area contributed by atoms with Gasteiger partial charge in [-0.1, -0.05) is 12.1 Å². The number of carbonyl (C=O) groups excluding carboxylic acids is 1. The second-order valence-electron chi connectivity index (χ2n) is 5.72. The Morgan fingerprint density at radius 3 is 2.75 bits per heavy atom. The number of nitrogens with one attached hydrogen (secondary N) is 2. The molecule has 1 aromatic carbocycles. The third kappa shape index (κ3) is 5.76. The second kappa shape index (κ2) is 9.80. The van der Waals surface area contributed by atoms with Gasteiger partial charge in [0.05, 0.1) is 19.7 Å². The number of ether oxygens (including phenoxy) is 1. The van der Waals surface area contributed by atoms with Gasteiger partial charge in [-0.05, 0) is 44.4 Å². The third-order valence-electron chi connectivity index (χ3n) is 3.84. The molecule has 0 bridgehead atoms. The van der Waals surface area contributed by atoms with Crippen molar-refractivity contribution in [3.8, 4) is 5.75 Å². The van der Waals surface area contributed by atoms with Gasteiger partial charge in [-0.2, -0.15) is 0 Å². The van der Waals surface area contributed by atoms with Crippen molar-refractivity contribution in [3.63, 3.8) is 0 Å². The number of nitrogens with zero attached hydrogens (tertiary/aromatic N) is 2. The molecule has 1 aliphatic heterocycles. The Morgan fingerprint density at radius 1 is 1.25 bits per heavy atom. The van der Waals surface area contributed by atoms with E-state index in [1.807, 2.05) is 43.0 Å². The lowest BCUT2D eigenvalue weighted by Gasteiger charge is -2.17. The van der Waals surface area contributed by atoms with Gasteiger partial charge in [-0.25, -0.2) is 4.99 Å². The first-order chi connectivity index (χ1) is 11.7. The normalized spacial score (nSPS) is 14.6. The first-order valence-electron chi connectivity index (χ1n) is 8.74. The first kappa shape index (κ1) is 18.1. The van der Waals surface area contributed by atoms with Gasteiger partial charge in [0.15, 0.2) is 5.96 Å². The van der Waals surface area contributed by atoms with Gasteiger partial charge in [0, 0.05) is 19.6 Å². The van der Waals surface area contributed by atoms with Crippen LogP contribution in [0.4, 0.5) is 0 Å². The van der Waals surface area contributed by atoms with Crippen molar-refractivity contribution in [3.05, 3.63) is 29.8 Å². The number of hydrogen-bond donors (Lipinski definition) is 2. The Labute approximate surface area is 144 Å². The summed E-state index contributed by atoms with van der Waals surface area (Å²) in [5.41, 5.74) is 1.07. The number of hydrogen-bond acceptors (Lipinski definition) is 3. The third-order valence-corrected chi connectivity index (χ3v) is 3.84. The highest BCUT2D eigenvalue weighted by atomic mass is 16.5. The van der Waals surface area contributed by atoms with E-state index in [0.29, 0.717) is 19.1 Å². The van der Waals surface area contributed by atoms with Crippen LogP contribution in [0.25, 0.3) is 0 Å². The van der Waals surface area contributed by atoms with Crippen LogP contribution in [0.2, 0.25) is 0 Å². The molecule has 0 saturated carbocycles. The molecule has 0 aromatic heterocycles. The molecule has 0 spiro atoms. The van der Waals surface area contributed by atoms with Crippen LogP contribution in [0.1, 0.15) is 32.3 Å². The van der Waals surface area contributed by atoms with Crippen LogP contribution < -0.4 is 15.4 Å². The fourth-order valence-corrected chi connectivity index (χ4v) is 2.65. The van der Waals surface area contributed by atoms with Crippen molar-refractivity contribution in [1.29, 1.82) is 0 Å². The number of benzene rings is 1. The Morgan fingerprint density at radius 2 is 2.04 bits per heavy atom. The minimum Gasteiger partial charge on any atom is -0.494 e. The van der Waals surface area contributed by atoms with Crippen molar-refractivity contribution in [2.75, 3.05) is 32.8 Å². The average Bonchev–Trinajstić information content (AvgIpc) is 3.12. The maximum absolute atomic E-state index is 12.1. The molecular weight excluding hydrogens is 304 g/mol. The van der Waals surface area contributed by atoms with Crippen LogP contribution in [-0.4, -0.2) is 49.6 Å². The number of amides is 1.